The summed E-state index contributed by atoms with van der Waals surface area (Å²) in [4.78, 5) is 4.34. The first kappa shape index (κ1) is 15.2. The molecule has 0 saturated heterocycles. The van der Waals surface area contributed by atoms with E-state index in [9.17, 15) is 0 Å². The second-order valence-electron chi connectivity index (χ2n) is 5.44. The highest BCUT2D eigenvalue weighted by molar-refractivity contribution is 5.92. The Hall–Kier alpha value is -2.70. The van der Waals surface area contributed by atoms with Gasteiger partial charge in [0.25, 0.3) is 0 Å². The zero-order chi connectivity index (χ0) is 16.2. The topological polar surface area (TPSA) is 86.7 Å². The van der Waals surface area contributed by atoms with Gasteiger partial charge in [-0.05, 0) is 25.1 Å². The largest absolute Gasteiger partial charge is 0.490 e. The molecule has 1 aliphatic heterocycles. The van der Waals surface area contributed by atoms with Crippen molar-refractivity contribution < 1.29 is 9.47 Å². The fourth-order valence-electron chi connectivity index (χ4n) is 2.41. The predicted molar refractivity (Wildman–Crippen MR) is 88.9 cm³/mol. The molecule has 0 aliphatic carbocycles. The Kier molecular flexibility index (Phi) is 4.36. The number of hydrogen-bond donors (Lipinski definition) is 2. The van der Waals surface area contributed by atoms with Gasteiger partial charge in [-0.25, -0.2) is 4.99 Å². The maximum atomic E-state index is 5.95. The van der Waals surface area contributed by atoms with E-state index in [0.717, 1.165) is 35.0 Å². The number of aliphatic imine (C=N–C) groups is 1. The Labute approximate surface area is 135 Å². The number of nitrogens with one attached hydrogen (secondary N) is 1. The minimum atomic E-state index is 0.346. The van der Waals surface area contributed by atoms with Crippen LogP contribution in [0.15, 0.2) is 29.3 Å². The third kappa shape index (κ3) is 3.74. The molecule has 1 aromatic carbocycles. The lowest BCUT2D eigenvalue weighted by atomic mass is 10.3. The molecule has 0 fully saturated rings. The Morgan fingerprint density at radius 1 is 1.30 bits per heavy atom. The minimum absolute atomic E-state index is 0.346. The zero-order valence-corrected chi connectivity index (χ0v) is 13.4. The number of rotatable bonds is 3. The highest BCUT2D eigenvalue weighted by Gasteiger charge is 2.11. The molecule has 3 rings (SSSR count). The van der Waals surface area contributed by atoms with Crippen molar-refractivity contribution in [3.05, 3.63) is 35.7 Å². The number of benzene rings is 1. The molecular formula is C16H21N5O2. The van der Waals surface area contributed by atoms with Crippen molar-refractivity contribution in [1.29, 1.82) is 0 Å². The normalized spacial score (nSPS) is 14.4. The van der Waals surface area contributed by atoms with Crippen LogP contribution in [-0.4, -0.2) is 29.0 Å². The molecule has 0 bridgehead atoms. The van der Waals surface area contributed by atoms with Gasteiger partial charge in [-0.3, -0.25) is 4.68 Å². The van der Waals surface area contributed by atoms with Gasteiger partial charge in [0.15, 0.2) is 17.5 Å². The average Bonchev–Trinajstić information content (AvgIpc) is 2.72. The zero-order valence-electron chi connectivity index (χ0n) is 13.4. The highest BCUT2D eigenvalue weighted by Crippen LogP contribution is 2.32. The number of ether oxygens (including phenoxy) is 2. The van der Waals surface area contributed by atoms with Crippen LogP contribution in [0.25, 0.3) is 0 Å². The molecular weight excluding hydrogens is 294 g/mol. The van der Waals surface area contributed by atoms with Gasteiger partial charge >= 0.3 is 0 Å². The predicted octanol–water partition coefficient (Wildman–Crippen LogP) is 1.82. The second-order valence-corrected chi connectivity index (χ2v) is 5.44. The molecule has 3 N–H and O–H groups in total. The minimum Gasteiger partial charge on any atom is -0.490 e. The summed E-state index contributed by atoms with van der Waals surface area (Å²) in [6.07, 6.45) is 0.880. The Balaban J connectivity index is 1.67. The van der Waals surface area contributed by atoms with Gasteiger partial charge in [-0.15, -0.1) is 0 Å². The van der Waals surface area contributed by atoms with E-state index in [-0.39, 0.29) is 0 Å². The first-order chi connectivity index (χ1) is 11.1. The van der Waals surface area contributed by atoms with E-state index in [1.807, 2.05) is 38.2 Å². The lowest BCUT2D eigenvalue weighted by Crippen LogP contribution is -2.22. The van der Waals surface area contributed by atoms with E-state index < -0.39 is 0 Å². The van der Waals surface area contributed by atoms with Crippen LogP contribution in [0.2, 0.25) is 0 Å². The smallest absolute Gasteiger partial charge is 0.193 e. The maximum absolute atomic E-state index is 5.95. The average molecular weight is 315 g/mol. The Morgan fingerprint density at radius 2 is 2.09 bits per heavy atom. The maximum Gasteiger partial charge on any atom is 0.193 e. The molecule has 1 aromatic heterocycles. The van der Waals surface area contributed by atoms with E-state index in [1.165, 1.54) is 0 Å². The van der Waals surface area contributed by atoms with Gasteiger partial charge in [0, 0.05) is 25.2 Å². The number of nitrogens with two attached hydrogens (primary N) is 1. The Bertz CT molecular complexity index is 723. The lowest BCUT2D eigenvalue weighted by Gasteiger charge is -2.10. The second kappa shape index (κ2) is 6.60. The van der Waals surface area contributed by atoms with Crippen LogP contribution in [0.3, 0.4) is 0 Å². The van der Waals surface area contributed by atoms with E-state index >= 15 is 0 Å². The van der Waals surface area contributed by atoms with Crippen molar-refractivity contribution in [1.82, 2.24) is 9.78 Å². The van der Waals surface area contributed by atoms with E-state index in [0.29, 0.717) is 25.7 Å². The van der Waals surface area contributed by atoms with Gasteiger partial charge in [-0.2, -0.15) is 5.10 Å². The standard InChI is InChI=1S/C16H21N5O2/c1-11-8-13(21(2)20-11)10-18-16(17)19-12-4-5-14-15(9-12)23-7-3-6-22-14/h4-5,8-9H,3,6-7,10H2,1-2H3,(H3,17,18,19). The fraction of sp³-hybridized carbons (Fsp3) is 0.375. The molecule has 0 unspecified atom stereocenters. The monoisotopic (exact) mass is 315 g/mol. The van der Waals surface area contributed by atoms with Gasteiger partial charge in [0.2, 0.25) is 0 Å². The summed E-state index contributed by atoms with van der Waals surface area (Å²) in [5.41, 5.74) is 8.74. The van der Waals surface area contributed by atoms with E-state index in [2.05, 4.69) is 15.4 Å². The van der Waals surface area contributed by atoms with Crippen LogP contribution in [-0.2, 0) is 13.6 Å². The van der Waals surface area contributed by atoms with Crippen LogP contribution in [0.5, 0.6) is 11.5 Å². The van der Waals surface area contributed by atoms with Gasteiger partial charge in [0.05, 0.1) is 31.1 Å². The van der Waals surface area contributed by atoms with Gasteiger partial charge < -0.3 is 20.5 Å². The molecule has 0 saturated carbocycles. The number of fused-ring (bicyclic) bond motifs is 1. The summed E-state index contributed by atoms with van der Waals surface area (Å²) in [6, 6.07) is 7.63. The third-order valence-corrected chi connectivity index (χ3v) is 3.53. The number of guanidine groups is 1. The molecule has 2 aromatic rings. The van der Waals surface area contributed by atoms with Crippen molar-refractivity contribution in [3.8, 4) is 11.5 Å². The van der Waals surface area contributed by atoms with Crippen molar-refractivity contribution in [2.24, 2.45) is 17.8 Å². The third-order valence-electron chi connectivity index (χ3n) is 3.53. The van der Waals surface area contributed by atoms with Crippen LogP contribution < -0.4 is 20.5 Å². The number of hydrogen-bond acceptors (Lipinski definition) is 4. The van der Waals surface area contributed by atoms with Crippen molar-refractivity contribution in [2.75, 3.05) is 18.5 Å². The van der Waals surface area contributed by atoms with Crippen LogP contribution in [0, 0.1) is 6.92 Å². The summed E-state index contributed by atoms with van der Waals surface area (Å²) in [6.45, 7) is 3.75. The molecule has 0 spiro atoms. The Morgan fingerprint density at radius 3 is 2.83 bits per heavy atom. The quantitative estimate of drug-likeness (QED) is 0.666. The van der Waals surface area contributed by atoms with E-state index in [4.69, 9.17) is 15.2 Å². The summed E-state index contributed by atoms with van der Waals surface area (Å²) in [5, 5.41) is 7.36. The van der Waals surface area contributed by atoms with Gasteiger partial charge in [0.1, 0.15) is 0 Å². The number of aryl methyl sites for hydroxylation is 2. The first-order valence-electron chi connectivity index (χ1n) is 7.58. The van der Waals surface area contributed by atoms with Gasteiger partial charge in [-0.1, -0.05) is 0 Å². The van der Waals surface area contributed by atoms with Crippen LogP contribution in [0.1, 0.15) is 17.8 Å². The number of aromatic nitrogens is 2. The summed E-state index contributed by atoms with van der Waals surface area (Å²) in [7, 11) is 1.89. The van der Waals surface area contributed by atoms with Crippen molar-refractivity contribution in [3.63, 3.8) is 0 Å². The number of nitrogens with zero attached hydrogens (tertiary/aromatic N) is 3. The lowest BCUT2D eigenvalue weighted by molar-refractivity contribution is 0.297. The van der Waals surface area contributed by atoms with Crippen molar-refractivity contribution in [2.45, 2.75) is 19.9 Å². The van der Waals surface area contributed by atoms with Crippen molar-refractivity contribution >= 4 is 11.6 Å². The molecule has 1 aliphatic rings. The molecule has 0 atom stereocenters. The summed E-state index contributed by atoms with van der Waals surface area (Å²) in [5.74, 6) is 1.83. The van der Waals surface area contributed by atoms with Crippen LogP contribution in [0.4, 0.5) is 5.69 Å². The molecule has 0 radical (unpaired) electrons. The SMILES string of the molecule is Cc1cc(CN=C(N)Nc2ccc3c(c2)OCCCO3)n(C)n1. The molecule has 7 nitrogen and oxygen atoms in total. The van der Waals surface area contributed by atoms with E-state index in [1.54, 1.807) is 4.68 Å². The fourth-order valence-corrected chi connectivity index (χ4v) is 2.41. The number of anilines is 1. The molecule has 122 valence electrons. The summed E-state index contributed by atoms with van der Waals surface area (Å²) < 4.78 is 13.1. The first-order valence-corrected chi connectivity index (χ1v) is 7.58. The van der Waals surface area contributed by atoms with Crippen LogP contribution >= 0.6 is 0 Å². The molecule has 2 heterocycles. The molecule has 7 heteroatoms. The molecule has 23 heavy (non-hydrogen) atoms. The summed E-state index contributed by atoms with van der Waals surface area (Å²) >= 11 is 0. The molecule has 0 amide bonds. The highest BCUT2D eigenvalue weighted by atomic mass is 16.5.